The predicted molar refractivity (Wildman–Crippen MR) is 177 cm³/mol. The van der Waals surface area contributed by atoms with Crippen LogP contribution in [0.5, 0.6) is 0 Å². The average Bonchev–Trinajstić information content (AvgIpc) is 3.51. The Morgan fingerprint density at radius 3 is 2.29 bits per heavy atom. The van der Waals surface area contributed by atoms with Crippen LogP contribution in [0.2, 0.25) is 10.0 Å². The maximum Gasteiger partial charge on any atom is 0.326 e. The minimum absolute atomic E-state index is 0.0530. The summed E-state index contributed by atoms with van der Waals surface area (Å²) in [6.45, 7) is 3.28. The van der Waals surface area contributed by atoms with E-state index in [0.717, 1.165) is 23.1 Å². The Labute approximate surface area is 273 Å². The normalized spacial score (nSPS) is 13.8. The van der Waals surface area contributed by atoms with Crippen LogP contribution in [0.15, 0.2) is 79.0 Å². The number of rotatable bonds is 8. The molecule has 1 aliphatic rings. The predicted octanol–water partition coefficient (Wildman–Crippen LogP) is 5.97. The molecule has 0 bridgehead atoms. The summed E-state index contributed by atoms with van der Waals surface area (Å²) in [6, 6.07) is 22.2. The van der Waals surface area contributed by atoms with Gasteiger partial charge < -0.3 is 29.7 Å². The van der Waals surface area contributed by atoms with Gasteiger partial charge in [0.1, 0.15) is 24.5 Å². The van der Waals surface area contributed by atoms with E-state index in [0.29, 0.717) is 53.4 Å². The first-order valence-electron chi connectivity index (χ1n) is 14.2. The zero-order valence-electron chi connectivity index (χ0n) is 25.4. The van der Waals surface area contributed by atoms with Crippen LogP contribution in [0.25, 0.3) is 17.1 Å². The molecule has 3 aromatic carbocycles. The minimum Gasteiger partial charge on any atom is -0.376 e. The van der Waals surface area contributed by atoms with Crippen LogP contribution in [0, 0.1) is 0 Å². The number of urea groups is 1. The summed E-state index contributed by atoms with van der Waals surface area (Å²) in [5, 5.41) is 1.12. The van der Waals surface area contributed by atoms with Crippen molar-refractivity contribution in [2.45, 2.75) is 19.6 Å². The van der Waals surface area contributed by atoms with E-state index in [-0.39, 0.29) is 25.2 Å². The van der Waals surface area contributed by atoms with E-state index in [1.165, 1.54) is 18.9 Å². The first kappa shape index (κ1) is 35.4. The molecule has 1 unspecified atom stereocenters. The molecule has 238 valence electrons. The number of imidazole rings is 1. The molecule has 0 aliphatic carbocycles. The van der Waals surface area contributed by atoms with E-state index in [2.05, 4.69) is 5.73 Å². The zero-order chi connectivity index (χ0) is 32.8. The number of carbonyl (C=O) groups is 3. The van der Waals surface area contributed by atoms with E-state index in [9.17, 15) is 9.59 Å². The Morgan fingerprint density at radius 2 is 1.69 bits per heavy atom. The smallest absolute Gasteiger partial charge is 0.326 e. The van der Waals surface area contributed by atoms with Gasteiger partial charge in [-0.1, -0.05) is 59.6 Å². The fourth-order valence-electron chi connectivity index (χ4n) is 4.47. The van der Waals surface area contributed by atoms with Gasteiger partial charge in [0.05, 0.1) is 44.1 Å². The fraction of sp³-hybridized carbons (Fsp3) is 0.273. The number of hydrogen-bond donors (Lipinski definition) is 1. The van der Waals surface area contributed by atoms with Crippen LogP contribution >= 0.6 is 23.2 Å². The van der Waals surface area contributed by atoms with Crippen LogP contribution in [-0.4, -0.2) is 73.5 Å². The van der Waals surface area contributed by atoms with Crippen molar-refractivity contribution in [2.75, 3.05) is 45.4 Å². The largest absolute Gasteiger partial charge is 0.376 e. The van der Waals surface area contributed by atoms with Crippen LogP contribution in [0.3, 0.4) is 0 Å². The van der Waals surface area contributed by atoms with Gasteiger partial charge >= 0.3 is 6.03 Å². The molecule has 10 nitrogen and oxygen atoms in total. The van der Waals surface area contributed by atoms with E-state index in [1.54, 1.807) is 36.3 Å². The number of amides is 2. The van der Waals surface area contributed by atoms with Crippen LogP contribution in [0.4, 0.5) is 10.6 Å². The second kappa shape index (κ2) is 18.0. The molecule has 2 N–H and O–H groups in total. The molecule has 0 spiro atoms. The quantitative estimate of drug-likeness (QED) is 0.233. The van der Waals surface area contributed by atoms with Crippen molar-refractivity contribution < 1.29 is 23.9 Å². The molecule has 1 aromatic heterocycles. The van der Waals surface area contributed by atoms with Gasteiger partial charge in [0.15, 0.2) is 5.82 Å². The van der Waals surface area contributed by atoms with Crippen molar-refractivity contribution in [1.82, 2.24) is 14.5 Å². The van der Waals surface area contributed by atoms with Crippen LogP contribution in [-0.2, 0) is 25.6 Å². The number of halogens is 2. The third-order valence-corrected chi connectivity index (χ3v) is 7.18. The Kier molecular flexibility index (Phi) is 14.2. The topological polar surface area (TPSA) is 120 Å². The first-order valence-corrected chi connectivity index (χ1v) is 14.9. The van der Waals surface area contributed by atoms with Gasteiger partial charge in [0.2, 0.25) is 0 Å². The summed E-state index contributed by atoms with van der Waals surface area (Å²) < 4.78 is 13.2. The number of nitrogens with zero attached hydrogens (tertiary/aromatic N) is 4. The van der Waals surface area contributed by atoms with Crippen molar-refractivity contribution in [3.05, 3.63) is 100 Å². The van der Waals surface area contributed by atoms with Crippen molar-refractivity contribution in [1.29, 1.82) is 0 Å². The highest BCUT2D eigenvalue weighted by Gasteiger charge is 2.25. The number of likely N-dealkylation sites (N-methyl/N-ethyl adjacent to an activating group) is 1. The van der Waals surface area contributed by atoms with E-state index in [1.807, 2.05) is 59.2 Å². The number of carbonyl (C=O) groups excluding carboxylic acids is 3. The number of aldehydes is 2. The SMILES string of the molecule is CC=O.CN.CN(CC=O)C(=O)N(Cc1ccc(C2COCCO2)cc1)c1cn(-c2ccc(Cl)cc2)c(-c2ccccc2Cl)n1. The number of anilines is 1. The van der Waals surface area contributed by atoms with Gasteiger partial charge in [-0.3, -0.25) is 9.47 Å². The molecular weight excluding hydrogens is 617 g/mol. The van der Waals surface area contributed by atoms with Gasteiger partial charge in [-0.25, -0.2) is 9.78 Å². The summed E-state index contributed by atoms with van der Waals surface area (Å²) in [6.07, 6.45) is 3.11. The van der Waals surface area contributed by atoms with E-state index < -0.39 is 0 Å². The summed E-state index contributed by atoms with van der Waals surface area (Å²) in [5.41, 5.74) is 7.89. The standard InChI is InChI=1S/C30H28Cl2N4O4.C2H4O.CH5N/c1-34(14-15-37)30(38)36(18-21-6-8-22(9-7-21)27-20-39-16-17-40-27)28-19-35(24-12-10-23(31)11-13-24)29(33-28)25-4-2-3-5-26(25)32;1-2-3;1-2/h2-13,15,19,27H,14,16-18,20H2,1H3;2H,1H3;2H2,1H3. The highest BCUT2D eigenvalue weighted by Crippen LogP contribution is 2.33. The molecule has 1 aliphatic heterocycles. The summed E-state index contributed by atoms with van der Waals surface area (Å²) >= 11 is 12.7. The Bertz CT molecular complexity index is 1520. The molecule has 45 heavy (non-hydrogen) atoms. The lowest BCUT2D eigenvalue weighted by Gasteiger charge is -2.26. The van der Waals surface area contributed by atoms with Gasteiger partial charge in [-0.15, -0.1) is 0 Å². The third kappa shape index (κ3) is 9.46. The first-order chi connectivity index (χ1) is 21.9. The molecule has 0 radical (unpaired) electrons. The molecule has 1 atom stereocenters. The van der Waals surface area contributed by atoms with E-state index >= 15 is 0 Å². The molecule has 12 heteroatoms. The minimum atomic E-state index is -0.369. The summed E-state index contributed by atoms with van der Waals surface area (Å²) in [7, 11) is 3.08. The highest BCUT2D eigenvalue weighted by atomic mass is 35.5. The number of ether oxygens (including phenoxy) is 2. The Hall–Kier alpha value is -4.06. The average molecular weight is 655 g/mol. The maximum absolute atomic E-state index is 13.6. The number of aromatic nitrogens is 2. The fourth-order valence-corrected chi connectivity index (χ4v) is 4.82. The molecule has 1 saturated heterocycles. The molecule has 2 heterocycles. The van der Waals surface area contributed by atoms with Gasteiger partial charge in [-0.05, 0) is 61.5 Å². The summed E-state index contributed by atoms with van der Waals surface area (Å²) in [5.74, 6) is 0.962. The Morgan fingerprint density at radius 1 is 1.02 bits per heavy atom. The van der Waals surface area contributed by atoms with E-state index in [4.69, 9.17) is 42.5 Å². The number of hydrogen-bond acceptors (Lipinski definition) is 7. The third-order valence-electron chi connectivity index (χ3n) is 6.60. The van der Waals surface area contributed by atoms with Gasteiger partial charge in [-0.2, -0.15) is 0 Å². The second-order valence-electron chi connectivity index (χ2n) is 9.58. The van der Waals surface area contributed by atoms with Crippen molar-refractivity contribution in [2.24, 2.45) is 5.73 Å². The monoisotopic (exact) mass is 653 g/mol. The van der Waals surface area contributed by atoms with Gasteiger partial charge in [0, 0.05) is 23.3 Å². The second-order valence-corrected chi connectivity index (χ2v) is 10.4. The molecule has 1 fully saturated rings. The lowest BCUT2D eigenvalue weighted by atomic mass is 10.1. The van der Waals surface area contributed by atoms with Crippen LogP contribution in [0.1, 0.15) is 24.2 Å². The molecule has 5 rings (SSSR count). The number of nitrogens with two attached hydrogens (primary N) is 1. The van der Waals surface area contributed by atoms with Crippen molar-refractivity contribution in [3.63, 3.8) is 0 Å². The summed E-state index contributed by atoms with van der Waals surface area (Å²) in [4.78, 5) is 41.5. The molecule has 4 aromatic rings. The molecule has 0 saturated carbocycles. The maximum atomic E-state index is 13.6. The number of benzene rings is 3. The highest BCUT2D eigenvalue weighted by molar-refractivity contribution is 6.33. The molecule has 2 amide bonds. The zero-order valence-corrected chi connectivity index (χ0v) is 26.9. The van der Waals surface area contributed by atoms with Crippen LogP contribution < -0.4 is 10.6 Å². The Balaban J connectivity index is 0.00000104. The molecular formula is C33H37Cl2N5O5. The lowest BCUT2D eigenvalue weighted by molar-refractivity contribution is -0.108. The van der Waals surface area contributed by atoms with Crippen molar-refractivity contribution in [3.8, 4) is 17.1 Å². The van der Waals surface area contributed by atoms with Crippen molar-refractivity contribution >= 4 is 47.6 Å². The van der Waals surface area contributed by atoms with Gasteiger partial charge in [0.25, 0.3) is 0 Å². The lowest BCUT2D eigenvalue weighted by Crippen LogP contribution is -2.42.